The molecular formula is C22H22N2O3. The number of fused-ring (bicyclic) bond motifs is 1. The number of aromatic nitrogens is 1. The van der Waals surface area contributed by atoms with Gasteiger partial charge in [0.05, 0.1) is 11.3 Å². The third kappa shape index (κ3) is 3.26. The molecule has 0 aliphatic heterocycles. The van der Waals surface area contributed by atoms with Crippen molar-refractivity contribution in [3.8, 4) is 5.69 Å². The van der Waals surface area contributed by atoms with Crippen molar-refractivity contribution in [1.82, 2.24) is 9.88 Å². The fourth-order valence-corrected chi connectivity index (χ4v) is 4.03. The zero-order chi connectivity index (χ0) is 18.8. The highest BCUT2D eigenvalue weighted by Crippen LogP contribution is 2.24. The van der Waals surface area contributed by atoms with Crippen LogP contribution in [0.4, 0.5) is 0 Å². The largest absolute Gasteiger partial charge is 0.478 e. The van der Waals surface area contributed by atoms with Crippen molar-refractivity contribution < 1.29 is 9.90 Å². The summed E-state index contributed by atoms with van der Waals surface area (Å²) in [6.07, 6.45) is 4.55. The van der Waals surface area contributed by atoms with Crippen LogP contribution >= 0.6 is 0 Å². The Balaban J connectivity index is 1.97. The van der Waals surface area contributed by atoms with E-state index in [9.17, 15) is 14.7 Å². The molecule has 1 aliphatic carbocycles. The van der Waals surface area contributed by atoms with Gasteiger partial charge in [-0.1, -0.05) is 49.2 Å². The summed E-state index contributed by atoms with van der Waals surface area (Å²) in [7, 11) is 0. The molecule has 0 spiro atoms. The van der Waals surface area contributed by atoms with Crippen LogP contribution in [0.3, 0.4) is 0 Å². The molecule has 5 heteroatoms. The molecule has 1 fully saturated rings. The summed E-state index contributed by atoms with van der Waals surface area (Å²) in [6.45, 7) is 0.348. The van der Waals surface area contributed by atoms with E-state index < -0.39 is 5.97 Å². The number of rotatable bonds is 5. The highest BCUT2D eigenvalue weighted by Gasteiger charge is 2.23. The molecule has 27 heavy (non-hydrogen) atoms. The predicted octanol–water partition coefficient (Wildman–Crippen LogP) is 3.72. The summed E-state index contributed by atoms with van der Waals surface area (Å²) in [6, 6.07) is 16.6. The van der Waals surface area contributed by atoms with Crippen molar-refractivity contribution in [3.05, 3.63) is 76.2 Å². The zero-order valence-corrected chi connectivity index (χ0v) is 15.0. The van der Waals surface area contributed by atoms with E-state index in [1.54, 1.807) is 28.8 Å². The van der Waals surface area contributed by atoms with E-state index >= 15 is 0 Å². The smallest absolute Gasteiger partial charge is 0.338 e. The lowest BCUT2D eigenvalue weighted by molar-refractivity contribution is 0.0696. The summed E-state index contributed by atoms with van der Waals surface area (Å²) in [5.41, 5.74) is 1.19. The van der Waals surface area contributed by atoms with Gasteiger partial charge in [0.1, 0.15) is 0 Å². The number of hydrogen-bond donors (Lipinski definition) is 2. The Morgan fingerprint density at radius 3 is 2.30 bits per heavy atom. The van der Waals surface area contributed by atoms with Gasteiger partial charge in [-0.05, 0) is 31.0 Å². The van der Waals surface area contributed by atoms with Crippen LogP contribution in [0, 0.1) is 0 Å². The number of nitrogens with zero attached hydrogens (tertiary/aromatic N) is 1. The number of carboxylic acid groups (broad SMARTS) is 1. The second kappa shape index (κ2) is 7.37. The van der Waals surface area contributed by atoms with Crippen LogP contribution in [0.2, 0.25) is 0 Å². The number of carbonyl (C=O) groups is 1. The van der Waals surface area contributed by atoms with Crippen LogP contribution < -0.4 is 10.9 Å². The molecule has 1 heterocycles. The molecule has 3 aromatic rings. The van der Waals surface area contributed by atoms with E-state index in [1.165, 1.54) is 12.8 Å². The molecule has 0 bridgehead atoms. The minimum absolute atomic E-state index is 0.190. The van der Waals surface area contributed by atoms with Gasteiger partial charge in [0.15, 0.2) is 0 Å². The van der Waals surface area contributed by atoms with Crippen molar-refractivity contribution >= 4 is 16.7 Å². The lowest BCUT2D eigenvalue weighted by Gasteiger charge is -2.20. The first-order valence-corrected chi connectivity index (χ1v) is 9.35. The van der Waals surface area contributed by atoms with Crippen LogP contribution in [0.5, 0.6) is 0 Å². The molecular weight excluding hydrogens is 340 g/mol. The molecule has 138 valence electrons. The van der Waals surface area contributed by atoms with Crippen LogP contribution in [-0.4, -0.2) is 21.7 Å². The van der Waals surface area contributed by atoms with E-state index in [2.05, 4.69) is 5.32 Å². The van der Waals surface area contributed by atoms with Gasteiger partial charge in [-0.15, -0.1) is 0 Å². The van der Waals surface area contributed by atoms with Gasteiger partial charge in [-0.3, -0.25) is 9.36 Å². The number of aromatic carboxylic acids is 1. The predicted molar refractivity (Wildman–Crippen MR) is 106 cm³/mol. The van der Waals surface area contributed by atoms with Gasteiger partial charge in [-0.2, -0.15) is 0 Å². The van der Waals surface area contributed by atoms with Crippen molar-refractivity contribution in [2.75, 3.05) is 0 Å². The summed E-state index contributed by atoms with van der Waals surface area (Å²) in [5.74, 6) is -1.01. The first-order valence-electron chi connectivity index (χ1n) is 9.35. The maximum absolute atomic E-state index is 13.3. The highest BCUT2D eigenvalue weighted by atomic mass is 16.4. The highest BCUT2D eigenvalue weighted by molar-refractivity contribution is 6.04. The lowest BCUT2D eigenvalue weighted by Crippen LogP contribution is -2.32. The van der Waals surface area contributed by atoms with Gasteiger partial charge in [0, 0.05) is 29.0 Å². The molecule has 0 atom stereocenters. The third-order valence-electron chi connectivity index (χ3n) is 5.33. The number of hydrogen-bond acceptors (Lipinski definition) is 3. The van der Waals surface area contributed by atoms with Crippen LogP contribution in [-0.2, 0) is 6.54 Å². The minimum atomic E-state index is -1.01. The Bertz CT molecular complexity index is 1030. The van der Waals surface area contributed by atoms with Crippen LogP contribution in [0.25, 0.3) is 16.5 Å². The van der Waals surface area contributed by atoms with Crippen molar-refractivity contribution in [1.29, 1.82) is 0 Å². The first kappa shape index (κ1) is 17.5. The standard InChI is InChI=1S/C22H22N2O3/c25-21-18-13-7-6-12-17(18)20(22(26)27)19(14-23-15-8-4-5-9-15)24(21)16-10-2-1-3-11-16/h1-3,6-7,10-13,15,23H,4-5,8-9,14H2,(H,26,27). The fraction of sp³-hybridized carbons (Fsp3) is 0.273. The number of para-hydroxylation sites is 1. The van der Waals surface area contributed by atoms with Gasteiger partial charge in [-0.25, -0.2) is 4.79 Å². The Hall–Kier alpha value is -2.92. The molecule has 1 aliphatic rings. The van der Waals surface area contributed by atoms with E-state index in [0.717, 1.165) is 12.8 Å². The Labute approximate surface area is 157 Å². The van der Waals surface area contributed by atoms with Gasteiger partial charge in [0.25, 0.3) is 5.56 Å². The van der Waals surface area contributed by atoms with Crippen molar-refractivity contribution in [2.45, 2.75) is 38.3 Å². The van der Waals surface area contributed by atoms with Crippen molar-refractivity contribution in [2.24, 2.45) is 0 Å². The van der Waals surface area contributed by atoms with Gasteiger partial charge >= 0.3 is 5.97 Å². The molecule has 0 radical (unpaired) electrons. The van der Waals surface area contributed by atoms with Gasteiger partial charge < -0.3 is 10.4 Å². The van der Waals surface area contributed by atoms with E-state index in [4.69, 9.17) is 0 Å². The zero-order valence-electron chi connectivity index (χ0n) is 15.0. The second-order valence-electron chi connectivity index (χ2n) is 7.01. The molecule has 1 aromatic heterocycles. The maximum atomic E-state index is 13.3. The summed E-state index contributed by atoms with van der Waals surface area (Å²) >= 11 is 0. The van der Waals surface area contributed by atoms with Crippen molar-refractivity contribution in [3.63, 3.8) is 0 Å². The normalized spacial score (nSPS) is 14.7. The van der Waals surface area contributed by atoms with E-state index in [1.807, 2.05) is 30.3 Å². The topological polar surface area (TPSA) is 71.3 Å². The fourth-order valence-electron chi connectivity index (χ4n) is 4.03. The van der Waals surface area contributed by atoms with Gasteiger partial charge in [0.2, 0.25) is 0 Å². The quantitative estimate of drug-likeness (QED) is 0.726. The summed E-state index contributed by atoms with van der Waals surface area (Å²) in [5, 5.41) is 14.4. The SMILES string of the molecule is O=C(O)c1c(CNC2CCCC2)n(-c2ccccc2)c(=O)c2ccccc12. The lowest BCUT2D eigenvalue weighted by atomic mass is 10.0. The Morgan fingerprint density at radius 2 is 1.63 bits per heavy atom. The van der Waals surface area contributed by atoms with Crippen LogP contribution in [0.1, 0.15) is 41.7 Å². The summed E-state index contributed by atoms with van der Waals surface area (Å²) in [4.78, 5) is 25.4. The number of pyridine rings is 1. The maximum Gasteiger partial charge on any atom is 0.338 e. The Kier molecular flexibility index (Phi) is 4.77. The molecule has 2 aromatic carbocycles. The Morgan fingerprint density at radius 1 is 1.00 bits per heavy atom. The first-order chi connectivity index (χ1) is 13.2. The number of nitrogens with one attached hydrogen (secondary N) is 1. The second-order valence-corrected chi connectivity index (χ2v) is 7.01. The molecule has 0 amide bonds. The average Bonchev–Trinajstić information content (AvgIpc) is 3.20. The molecule has 2 N–H and O–H groups in total. The molecule has 0 saturated heterocycles. The minimum Gasteiger partial charge on any atom is -0.478 e. The van der Waals surface area contributed by atoms with Crippen LogP contribution in [0.15, 0.2) is 59.4 Å². The number of benzene rings is 2. The summed E-state index contributed by atoms with van der Waals surface area (Å²) < 4.78 is 1.55. The molecule has 4 rings (SSSR count). The number of carboxylic acids is 1. The molecule has 1 saturated carbocycles. The molecule has 0 unspecified atom stereocenters. The monoisotopic (exact) mass is 362 g/mol. The van der Waals surface area contributed by atoms with E-state index in [0.29, 0.717) is 34.7 Å². The third-order valence-corrected chi connectivity index (χ3v) is 5.33. The molecule has 5 nitrogen and oxygen atoms in total. The average molecular weight is 362 g/mol. The van der Waals surface area contributed by atoms with E-state index in [-0.39, 0.29) is 11.1 Å².